The maximum absolute atomic E-state index is 9.45. The highest BCUT2D eigenvalue weighted by Gasteiger charge is 2.12. The SMILES string of the molecule is CN(Cc1cccc(Cl)c1)Cc1cn2ccccc2c1C#N. The summed E-state index contributed by atoms with van der Waals surface area (Å²) in [5, 5.41) is 10.2. The van der Waals surface area contributed by atoms with Crippen LogP contribution in [0.15, 0.2) is 54.9 Å². The lowest BCUT2D eigenvalue weighted by atomic mass is 10.1. The molecule has 0 aliphatic heterocycles. The van der Waals surface area contributed by atoms with Crippen LogP contribution in [0.3, 0.4) is 0 Å². The lowest BCUT2D eigenvalue weighted by Crippen LogP contribution is -2.17. The lowest BCUT2D eigenvalue weighted by molar-refractivity contribution is 0.319. The van der Waals surface area contributed by atoms with Crippen molar-refractivity contribution in [1.29, 1.82) is 5.26 Å². The van der Waals surface area contributed by atoms with E-state index >= 15 is 0 Å². The zero-order chi connectivity index (χ0) is 15.5. The van der Waals surface area contributed by atoms with Gasteiger partial charge in [0.25, 0.3) is 0 Å². The molecule has 0 aliphatic carbocycles. The zero-order valence-electron chi connectivity index (χ0n) is 12.3. The highest BCUT2D eigenvalue weighted by atomic mass is 35.5. The minimum absolute atomic E-state index is 0.719. The van der Waals surface area contributed by atoms with Gasteiger partial charge in [0, 0.05) is 36.1 Å². The second kappa shape index (κ2) is 6.23. The van der Waals surface area contributed by atoms with Crippen molar-refractivity contribution in [2.24, 2.45) is 0 Å². The Morgan fingerprint density at radius 1 is 1.18 bits per heavy atom. The van der Waals surface area contributed by atoms with Gasteiger partial charge in [-0.3, -0.25) is 4.90 Å². The van der Waals surface area contributed by atoms with Crippen LogP contribution in [0.4, 0.5) is 0 Å². The molecule has 2 aromatic heterocycles. The quantitative estimate of drug-likeness (QED) is 0.726. The van der Waals surface area contributed by atoms with Gasteiger partial charge in [-0.1, -0.05) is 29.8 Å². The molecule has 0 atom stereocenters. The van der Waals surface area contributed by atoms with Gasteiger partial charge in [-0.2, -0.15) is 5.26 Å². The van der Waals surface area contributed by atoms with E-state index in [2.05, 4.69) is 17.0 Å². The molecule has 0 N–H and O–H groups in total. The normalized spacial score (nSPS) is 11.0. The Labute approximate surface area is 135 Å². The van der Waals surface area contributed by atoms with Gasteiger partial charge in [-0.25, -0.2) is 0 Å². The number of benzene rings is 1. The molecule has 0 amide bonds. The van der Waals surface area contributed by atoms with Crippen molar-refractivity contribution in [3.05, 3.63) is 76.6 Å². The van der Waals surface area contributed by atoms with E-state index in [9.17, 15) is 5.26 Å². The van der Waals surface area contributed by atoms with Crippen LogP contribution in [0.25, 0.3) is 5.52 Å². The molecule has 0 saturated carbocycles. The van der Waals surface area contributed by atoms with Crippen LogP contribution >= 0.6 is 11.6 Å². The Balaban J connectivity index is 1.82. The zero-order valence-corrected chi connectivity index (χ0v) is 13.1. The molecule has 2 heterocycles. The fourth-order valence-electron chi connectivity index (χ4n) is 2.72. The Kier molecular flexibility index (Phi) is 4.15. The molecule has 3 aromatic rings. The van der Waals surface area contributed by atoms with Gasteiger partial charge < -0.3 is 4.40 Å². The van der Waals surface area contributed by atoms with E-state index in [0.29, 0.717) is 0 Å². The monoisotopic (exact) mass is 309 g/mol. The molecule has 110 valence electrons. The minimum atomic E-state index is 0.719. The van der Waals surface area contributed by atoms with Crippen molar-refractivity contribution in [2.75, 3.05) is 7.05 Å². The first kappa shape index (κ1) is 14.6. The molecule has 0 aliphatic rings. The number of pyridine rings is 1. The molecule has 0 spiro atoms. The number of hydrogen-bond donors (Lipinski definition) is 0. The number of halogens is 1. The molecule has 4 heteroatoms. The molecule has 0 bridgehead atoms. The first-order valence-electron chi connectivity index (χ1n) is 7.09. The van der Waals surface area contributed by atoms with Crippen molar-refractivity contribution in [2.45, 2.75) is 13.1 Å². The van der Waals surface area contributed by atoms with Crippen LogP contribution < -0.4 is 0 Å². The van der Waals surface area contributed by atoms with E-state index < -0.39 is 0 Å². The number of nitriles is 1. The van der Waals surface area contributed by atoms with Crippen molar-refractivity contribution in [3.63, 3.8) is 0 Å². The topological polar surface area (TPSA) is 31.4 Å². The number of aromatic nitrogens is 1. The van der Waals surface area contributed by atoms with E-state index in [1.807, 2.05) is 60.2 Å². The summed E-state index contributed by atoms with van der Waals surface area (Å²) in [6.45, 7) is 1.51. The maximum atomic E-state index is 9.45. The first-order valence-corrected chi connectivity index (χ1v) is 7.47. The van der Waals surface area contributed by atoms with Crippen LogP contribution in [-0.2, 0) is 13.1 Å². The van der Waals surface area contributed by atoms with Gasteiger partial charge in [-0.05, 0) is 36.9 Å². The van der Waals surface area contributed by atoms with Crippen molar-refractivity contribution in [3.8, 4) is 6.07 Å². The average Bonchev–Trinajstić information content (AvgIpc) is 2.83. The van der Waals surface area contributed by atoms with Gasteiger partial charge in [0.15, 0.2) is 0 Å². The molecule has 0 unspecified atom stereocenters. The molecule has 0 fully saturated rings. The Morgan fingerprint density at radius 3 is 2.82 bits per heavy atom. The fourth-order valence-corrected chi connectivity index (χ4v) is 2.93. The van der Waals surface area contributed by atoms with Crippen molar-refractivity contribution >= 4 is 17.1 Å². The highest BCUT2D eigenvalue weighted by molar-refractivity contribution is 6.30. The summed E-state index contributed by atoms with van der Waals surface area (Å²) in [4.78, 5) is 2.18. The van der Waals surface area contributed by atoms with Gasteiger partial charge in [0.05, 0.1) is 11.1 Å². The van der Waals surface area contributed by atoms with Crippen molar-refractivity contribution in [1.82, 2.24) is 9.30 Å². The molecular formula is C18H16ClN3. The van der Waals surface area contributed by atoms with Crippen LogP contribution in [0.5, 0.6) is 0 Å². The van der Waals surface area contributed by atoms with E-state index in [4.69, 9.17) is 11.6 Å². The predicted molar refractivity (Wildman–Crippen MR) is 88.7 cm³/mol. The molecule has 1 aromatic carbocycles. The fraction of sp³-hybridized carbons (Fsp3) is 0.167. The first-order chi connectivity index (χ1) is 10.7. The lowest BCUT2D eigenvalue weighted by Gasteiger charge is -2.16. The summed E-state index contributed by atoms with van der Waals surface area (Å²) >= 11 is 6.02. The van der Waals surface area contributed by atoms with Gasteiger partial charge >= 0.3 is 0 Å². The van der Waals surface area contributed by atoms with Gasteiger partial charge in [-0.15, -0.1) is 0 Å². The molecule has 22 heavy (non-hydrogen) atoms. The standard InChI is InChI=1S/C18H16ClN3/c1-21(11-14-5-4-6-16(19)9-14)12-15-13-22-8-3-2-7-18(22)17(15)10-20/h2-9,13H,11-12H2,1H3. The van der Waals surface area contributed by atoms with Crippen molar-refractivity contribution < 1.29 is 0 Å². The summed E-state index contributed by atoms with van der Waals surface area (Å²) in [6, 6.07) is 16.1. The van der Waals surface area contributed by atoms with E-state index in [-0.39, 0.29) is 0 Å². The predicted octanol–water partition coefficient (Wildman–Crippen LogP) is 4.10. The summed E-state index contributed by atoms with van der Waals surface area (Å²) in [7, 11) is 2.05. The second-order valence-corrected chi connectivity index (χ2v) is 5.87. The number of hydrogen-bond acceptors (Lipinski definition) is 2. The Morgan fingerprint density at radius 2 is 2.05 bits per heavy atom. The number of nitrogens with zero attached hydrogens (tertiary/aromatic N) is 3. The third-order valence-electron chi connectivity index (χ3n) is 3.66. The van der Waals surface area contributed by atoms with Crippen LogP contribution in [0.1, 0.15) is 16.7 Å². The highest BCUT2D eigenvalue weighted by Crippen LogP contribution is 2.20. The number of rotatable bonds is 4. The molecule has 0 saturated heterocycles. The van der Waals surface area contributed by atoms with Gasteiger partial charge in [0.2, 0.25) is 0 Å². The summed E-state index contributed by atoms with van der Waals surface area (Å²) in [6.07, 6.45) is 4.00. The smallest absolute Gasteiger partial charge is 0.102 e. The molecular weight excluding hydrogens is 294 g/mol. The van der Waals surface area contributed by atoms with Crippen LogP contribution in [-0.4, -0.2) is 16.3 Å². The van der Waals surface area contributed by atoms with E-state index in [0.717, 1.165) is 40.3 Å². The Hall–Kier alpha value is -2.28. The van der Waals surface area contributed by atoms with Crippen LogP contribution in [0.2, 0.25) is 5.02 Å². The summed E-state index contributed by atoms with van der Waals surface area (Å²) in [5.41, 5.74) is 3.91. The third-order valence-corrected chi connectivity index (χ3v) is 3.89. The molecule has 3 rings (SSSR count). The van der Waals surface area contributed by atoms with E-state index in [1.54, 1.807) is 0 Å². The Bertz CT molecular complexity index is 845. The second-order valence-electron chi connectivity index (χ2n) is 5.44. The largest absolute Gasteiger partial charge is 0.322 e. The third kappa shape index (κ3) is 2.99. The van der Waals surface area contributed by atoms with Crippen LogP contribution in [0, 0.1) is 11.3 Å². The van der Waals surface area contributed by atoms with Gasteiger partial charge in [0.1, 0.15) is 6.07 Å². The maximum Gasteiger partial charge on any atom is 0.102 e. The summed E-state index contributed by atoms with van der Waals surface area (Å²) in [5.74, 6) is 0. The average molecular weight is 310 g/mol. The molecule has 3 nitrogen and oxygen atoms in total. The molecule has 0 radical (unpaired) electrons. The summed E-state index contributed by atoms with van der Waals surface area (Å²) < 4.78 is 2.00. The number of fused-ring (bicyclic) bond motifs is 1. The minimum Gasteiger partial charge on any atom is -0.322 e. The van der Waals surface area contributed by atoms with E-state index in [1.165, 1.54) is 0 Å².